The maximum atomic E-state index is 9.75. The summed E-state index contributed by atoms with van der Waals surface area (Å²) in [5.74, 6) is -0.151. The minimum Gasteiger partial charge on any atom is -0.410 e. The van der Waals surface area contributed by atoms with Crippen molar-refractivity contribution in [2.24, 2.45) is 5.16 Å². The van der Waals surface area contributed by atoms with E-state index < -0.39 is 0 Å². The Kier molecular flexibility index (Phi) is 4.94. The molecule has 5 heteroatoms. The third-order valence-electron chi connectivity index (χ3n) is 0.772. The molecule has 0 aromatic carbocycles. The molecule has 0 spiro atoms. The average molecular weight is 145 g/mol. The highest BCUT2D eigenvalue weighted by Gasteiger charge is 1.98. The third-order valence-corrected chi connectivity index (χ3v) is 0.772. The molecular weight excluding hydrogens is 138 g/mol. The van der Waals surface area contributed by atoms with Crippen LogP contribution >= 0.6 is 0 Å². The lowest BCUT2D eigenvalue weighted by Crippen LogP contribution is -2.03. The van der Waals surface area contributed by atoms with E-state index >= 15 is 0 Å². The highest BCUT2D eigenvalue weighted by molar-refractivity contribution is 5.82. The molecule has 0 saturated heterocycles. The summed E-state index contributed by atoms with van der Waals surface area (Å²) in [4.78, 5) is 19.4. The molecule has 0 heterocycles. The summed E-state index contributed by atoms with van der Waals surface area (Å²) in [5.41, 5.74) is 0. The van der Waals surface area contributed by atoms with E-state index in [1.165, 1.54) is 0 Å². The maximum absolute atomic E-state index is 9.75. The zero-order chi connectivity index (χ0) is 7.82. The zero-order valence-electron chi connectivity index (χ0n) is 5.19. The first-order chi connectivity index (χ1) is 4.85. The van der Waals surface area contributed by atoms with Gasteiger partial charge in [-0.15, -0.1) is 0 Å². The van der Waals surface area contributed by atoms with E-state index in [1.807, 2.05) is 0 Å². The molecule has 1 N–H and O–H groups in total. The quantitative estimate of drug-likeness (QED) is 0.197. The Hall–Kier alpha value is -1.39. The summed E-state index contributed by atoms with van der Waals surface area (Å²) in [6.45, 7) is 0.139. The zero-order valence-corrected chi connectivity index (χ0v) is 5.19. The van der Waals surface area contributed by atoms with Crippen LogP contribution in [0.5, 0.6) is 0 Å². The number of carbonyl (C=O) groups excluding carboxylic acids is 2. The van der Waals surface area contributed by atoms with Crippen LogP contribution in [0.2, 0.25) is 0 Å². The highest BCUT2D eigenvalue weighted by atomic mass is 16.6. The third kappa shape index (κ3) is 3.59. The van der Waals surface area contributed by atoms with Gasteiger partial charge in [-0.25, -0.2) is 0 Å². The first kappa shape index (κ1) is 8.61. The lowest BCUT2D eigenvalue weighted by molar-refractivity contribution is -0.122. The SMILES string of the molecule is O=CCC/C(=N/O)OC=O. The van der Waals surface area contributed by atoms with Crippen molar-refractivity contribution in [2.45, 2.75) is 12.8 Å². The van der Waals surface area contributed by atoms with Crippen molar-refractivity contribution in [1.29, 1.82) is 0 Å². The molecule has 0 radical (unpaired) electrons. The number of hydrogen-bond donors (Lipinski definition) is 1. The second kappa shape index (κ2) is 5.74. The van der Waals surface area contributed by atoms with Gasteiger partial charge in [0.2, 0.25) is 5.90 Å². The van der Waals surface area contributed by atoms with Crippen LogP contribution < -0.4 is 0 Å². The Labute approximate surface area is 57.3 Å². The van der Waals surface area contributed by atoms with E-state index in [9.17, 15) is 9.59 Å². The molecule has 0 aromatic heterocycles. The van der Waals surface area contributed by atoms with Gasteiger partial charge < -0.3 is 14.7 Å². The van der Waals surface area contributed by atoms with Crippen molar-refractivity contribution < 1.29 is 19.5 Å². The summed E-state index contributed by atoms with van der Waals surface area (Å²) in [7, 11) is 0. The topological polar surface area (TPSA) is 76.0 Å². The Bertz CT molecular complexity index is 143. The van der Waals surface area contributed by atoms with Crippen LogP contribution in [0.25, 0.3) is 0 Å². The molecule has 0 rings (SSSR count). The highest BCUT2D eigenvalue weighted by Crippen LogP contribution is 1.90. The van der Waals surface area contributed by atoms with Crippen molar-refractivity contribution in [3.8, 4) is 0 Å². The molecule has 0 saturated carbocycles. The molecule has 10 heavy (non-hydrogen) atoms. The molecule has 0 unspecified atom stereocenters. The molecule has 0 aliphatic heterocycles. The van der Waals surface area contributed by atoms with Gasteiger partial charge in [0, 0.05) is 12.8 Å². The number of oxime groups is 1. The van der Waals surface area contributed by atoms with E-state index in [0.717, 1.165) is 0 Å². The van der Waals surface area contributed by atoms with Gasteiger partial charge in [0.1, 0.15) is 6.29 Å². The van der Waals surface area contributed by atoms with Crippen molar-refractivity contribution in [2.75, 3.05) is 0 Å². The van der Waals surface area contributed by atoms with Gasteiger partial charge >= 0.3 is 0 Å². The predicted octanol–water partition coefficient (Wildman–Crippen LogP) is -0.0738. The van der Waals surface area contributed by atoms with Crippen LogP contribution in [0.4, 0.5) is 0 Å². The minimum atomic E-state index is -0.151. The van der Waals surface area contributed by atoms with Crippen molar-refractivity contribution in [3.63, 3.8) is 0 Å². The van der Waals surface area contributed by atoms with Gasteiger partial charge in [0.05, 0.1) is 0 Å². The fourth-order valence-electron chi connectivity index (χ4n) is 0.370. The van der Waals surface area contributed by atoms with Gasteiger partial charge in [-0.1, -0.05) is 5.16 Å². The lowest BCUT2D eigenvalue weighted by atomic mass is 10.3. The smallest absolute Gasteiger partial charge is 0.299 e. The largest absolute Gasteiger partial charge is 0.410 e. The predicted molar refractivity (Wildman–Crippen MR) is 31.7 cm³/mol. The summed E-state index contributed by atoms with van der Waals surface area (Å²) >= 11 is 0. The van der Waals surface area contributed by atoms with Crippen LogP contribution in [0.15, 0.2) is 5.16 Å². The second-order valence-electron chi connectivity index (χ2n) is 1.41. The fourth-order valence-corrected chi connectivity index (χ4v) is 0.370. The first-order valence-electron chi connectivity index (χ1n) is 2.60. The Morgan fingerprint density at radius 3 is 2.70 bits per heavy atom. The Morgan fingerprint density at radius 2 is 2.30 bits per heavy atom. The van der Waals surface area contributed by atoms with Crippen molar-refractivity contribution >= 4 is 18.7 Å². The number of ether oxygens (including phenoxy) is 1. The van der Waals surface area contributed by atoms with Crippen molar-refractivity contribution in [3.05, 3.63) is 0 Å². The molecule has 56 valence electrons. The van der Waals surface area contributed by atoms with E-state index in [1.54, 1.807) is 0 Å². The Morgan fingerprint density at radius 1 is 1.60 bits per heavy atom. The van der Waals surface area contributed by atoms with E-state index in [2.05, 4.69) is 9.89 Å². The standard InChI is InChI=1S/C5H7NO4/c7-3-1-2-5(6-9)10-4-8/h3-4,9H,1-2H2/b6-5-. The van der Waals surface area contributed by atoms with Gasteiger partial charge in [0.15, 0.2) is 0 Å². The summed E-state index contributed by atoms with van der Waals surface area (Å²) < 4.78 is 4.15. The molecule has 0 bridgehead atoms. The normalized spacial score (nSPS) is 10.6. The fraction of sp³-hybridized carbons (Fsp3) is 0.400. The van der Waals surface area contributed by atoms with E-state index in [-0.39, 0.29) is 25.2 Å². The molecular formula is C5H7NO4. The summed E-state index contributed by atoms with van der Waals surface area (Å²) in [5, 5.41) is 10.7. The van der Waals surface area contributed by atoms with E-state index in [0.29, 0.717) is 6.29 Å². The van der Waals surface area contributed by atoms with Gasteiger partial charge in [-0.05, 0) is 0 Å². The molecule has 0 aromatic rings. The van der Waals surface area contributed by atoms with Gasteiger partial charge in [-0.3, -0.25) is 4.79 Å². The Balaban J connectivity index is 3.60. The molecule has 0 fully saturated rings. The molecule has 5 nitrogen and oxygen atoms in total. The average Bonchev–Trinajstić information content (AvgIpc) is 1.98. The van der Waals surface area contributed by atoms with Crippen LogP contribution in [-0.4, -0.2) is 23.9 Å². The lowest BCUT2D eigenvalue weighted by Gasteiger charge is -1.94. The van der Waals surface area contributed by atoms with Crippen LogP contribution in [0, 0.1) is 0 Å². The molecule has 0 atom stereocenters. The van der Waals surface area contributed by atoms with Crippen LogP contribution in [-0.2, 0) is 14.3 Å². The van der Waals surface area contributed by atoms with Crippen molar-refractivity contribution in [1.82, 2.24) is 0 Å². The summed E-state index contributed by atoms with van der Waals surface area (Å²) in [6, 6.07) is 0. The van der Waals surface area contributed by atoms with Crippen LogP contribution in [0.1, 0.15) is 12.8 Å². The monoisotopic (exact) mass is 145 g/mol. The van der Waals surface area contributed by atoms with Gasteiger partial charge in [0.25, 0.3) is 6.47 Å². The number of carbonyl (C=O) groups is 2. The van der Waals surface area contributed by atoms with E-state index in [4.69, 9.17) is 5.21 Å². The first-order valence-corrected chi connectivity index (χ1v) is 2.60. The second-order valence-corrected chi connectivity index (χ2v) is 1.41. The van der Waals surface area contributed by atoms with Gasteiger partial charge in [-0.2, -0.15) is 0 Å². The number of aldehydes is 1. The maximum Gasteiger partial charge on any atom is 0.299 e. The summed E-state index contributed by atoms with van der Waals surface area (Å²) in [6.07, 6.45) is 0.950. The number of nitrogens with zero attached hydrogens (tertiary/aromatic N) is 1. The number of hydrogen-bond acceptors (Lipinski definition) is 5. The molecule has 0 aliphatic carbocycles. The minimum absolute atomic E-state index is 0.138. The van der Waals surface area contributed by atoms with Crippen LogP contribution in [0.3, 0.4) is 0 Å². The molecule has 0 aliphatic rings. The molecule has 0 amide bonds. The number of rotatable bonds is 4.